The van der Waals surface area contributed by atoms with E-state index in [0.717, 1.165) is 10.4 Å². The highest BCUT2D eigenvalue weighted by atomic mass is 35.5. The highest BCUT2D eigenvalue weighted by molar-refractivity contribution is 6.33. The summed E-state index contributed by atoms with van der Waals surface area (Å²) in [6.07, 6.45) is 1.21. The molecule has 0 aliphatic rings. The zero-order chi connectivity index (χ0) is 15.0. The number of aromatic nitrogens is 5. The Balaban J connectivity index is 2.11. The van der Waals surface area contributed by atoms with E-state index < -0.39 is 5.91 Å². The number of hydrogen-bond acceptors (Lipinski definition) is 5. The Morgan fingerprint density at radius 2 is 2.00 bits per heavy atom. The van der Waals surface area contributed by atoms with Gasteiger partial charge in [0.05, 0.1) is 11.4 Å². The largest absolute Gasteiger partial charge is 0.368 e. The van der Waals surface area contributed by atoms with Crippen LogP contribution in [-0.4, -0.2) is 30.5 Å². The zero-order valence-electron chi connectivity index (χ0n) is 11.1. The third kappa shape index (κ3) is 2.17. The molecule has 0 amide bonds. The van der Waals surface area contributed by atoms with Gasteiger partial charge >= 0.3 is 0 Å². The third-order valence-corrected chi connectivity index (χ3v) is 3.33. The van der Waals surface area contributed by atoms with Crippen LogP contribution in [0.5, 0.6) is 0 Å². The molecular formula is C13H11ClN6O. The van der Waals surface area contributed by atoms with Gasteiger partial charge in [0.1, 0.15) is 17.0 Å². The number of para-hydroxylation sites is 1. The number of nitrogens with two attached hydrogens (primary N) is 1. The van der Waals surface area contributed by atoms with Crippen molar-refractivity contribution in [2.45, 2.75) is 6.92 Å². The molecule has 21 heavy (non-hydrogen) atoms. The molecule has 3 aromatic rings. The van der Waals surface area contributed by atoms with Crippen molar-refractivity contribution in [2.75, 3.05) is 5.73 Å². The molecule has 106 valence electrons. The number of rotatable bonds is 2. The Hall–Kier alpha value is -2.67. The molecule has 0 radical (unpaired) electrons. The summed E-state index contributed by atoms with van der Waals surface area (Å²) in [4.78, 5) is 16.2. The van der Waals surface area contributed by atoms with Crippen molar-refractivity contribution in [3.63, 3.8) is 0 Å². The van der Waals surface area contributed by atoms with Crippen LogP contribution >= 0.6 is 11.6 Å². The summed E-state index contributed by atoms with van der Waals surface area (Å²) in [5, 5.41) is 8.30. The topological polar surface area (TPSA) is 91.6 Å². The van der Waals surface area contributed by atoms with E-state index in [-0.39, 0.29) is 16.7 Å². The van der Waals surface area contributed by atoms with Crippen LogP contribution in [0, 0.1) is 6.92 Å². The van der Waals surface area contributed by atoms with Gasteiger partial charge in [0.2, 0.25) is 5.95 Å². The predicted molar refractivity (Wildman–Crippen MR) is 77.5 cm³/mol. The first-order chi connectivity index (χ1) is 10.1. The number of carbonyl (C=O) groups excluding carboxylic acids is 1. The summed E-state index contributed by atoms with van der Waals surface area (Å²) in [6, 6.07) is 9.29. The van der Waals surface area contributed by atoms with Crippen molar-refractivity contribution in [1.82, 2.24) is 24.5 Å². The van der Waals surface area contributed by atoms with Crippen LogP contribution in [0.15, 0.2) is 36.7 Å². The lowest BCUT2D eigenvalue weighted by Gasteiger charge is -2.03. The van der Waals surface area contributed by atoms with Gasteiger partial charge in [-0.05, 0) is 19.1 Å². The van der Waals surface area contributed by atoms with Gasteiger partial charge in [-0.1, -0.05) is 29.8 Å². The van der Waals surface area contributed by atoms with Crippen molar-refractivity contribution in [1.29, 1.82) is 0 Å². The maximum Gasteiger partial charge on any atom is 0.286 e. The Morgan fingerprint density at radius 1 is 1.29 bits per heavy atom. The Labute approximate surface area is 125 Å². The van der Waals surface area contributed by atoms with Gasteiger partial charge in [0.25, 0.3) is 5.91 Å². The average Bonchev–Trinajstić information content (AvgIpc) is 3.03. The summed E-state index contributed by atoms with van der Waals surface area (Å²) < 4.78 is 2.49. The molecule has 0 bridgehead atoms. The molecule has 3 rings (SSSR count). The summed E-state index contributed by atoms with van der Waals surface area (Å²) in [6.45, 7) is 1.70. The number of halogens is 1. The SMILES string of the molecule is Cc1nn(-c2ccccc2)c(Cl)c1C(=O)n1ncnc1N. The van der Waals surface area contributed by atoms with Crippen LogP contribution in [0.4, 0.5) is 5.95 Å². The van der Waals surface area contributed by atoms with Crippen LogP contribution in [0.2, 0.25) is 5.15 Å². The van der Waals surface area contributed by atoms with Crippen LogP contribution in [0.3, 0.4) is 0 Å². The van der Waals surface area contributed by atoms with E-state index in [1.807, 2.05) is 30.3 Å². The highest BCUT2D eigenvalue weighted by Gasteiger charge is 2.24. The number of aryl methyl sites for hydroxylation is 1. The molecule has 2 N–H and O–H groups in total. The van der Waals surface area contributed by atoms with Gasteiger partial charge in [-0.15, -0.1) is 0 Å². The molecule has 0 fully saturated rings. The number of benzene rings is 1. The molecule has 0 saturated carbocycles. The van der Waals surface area contributed by atoms with Crippen molar-refractivity contribution < 1.29 is 4.79 Å². The molecule has 0 unspecified atom stereocenters. The molecule has 0 saturated heterocycles. The van der Waals surface area contributed by atoms with E-state index in [9.17, 15) is 4.79 Å². The van der Waals surface area contributed by atoms with Crippen LogP contribution < -0.4 is 5.73 Å². The smallest absolute Gasteiger partial charge is 0.286 e. The zero-order valence-corrected chi connectivity index (χ0v) is 11.8. The molecule has 2 aromatic heterocycles. The van der Waals surface area contributed by atoms with E-state index >= 15 is 0 Å². The molecule has 0 spiro atoms. The lowest BCUT2D eigenvalue weighted by atomic mass is 10.2. The molecular weight excluding hydrogens is 292 g/mol. The molecule has 7 nitrogen and oxygen atoms in total. The number of anilines is 1. The first-order valence-corrected chi connectivity index (χ1v) is 6.48. The second-order valence-corrected chi connectivity index (χ2v) is 4.69. The lowest BCUT2D eigenvalue weighted by Crippen LogP contribution is -2.17. The molecule has 8 heteroatoms. The molecule has 0 aliphatic carbocycles. The van der Waals surface area contributed by atoms with Gasteiger partial charge in [-0.25, -0.2) is 4.68 Å². The molecule has 0 atom stereocenters. The second-order valence-electron chi connectivity index (χ2n) is 4.33. The van der Waals surface area contributed by atoms with Crippen molar-refractivity contribution in [3.8, 4) is 5.69 Å². The minimum atomic E-state index is -0.463. The fourth-order valence-corrected chi connectivity index (χ4v) is 2.35. The minimum Gasteiger partial charge on any atom is -0.368 e. The van der Waals surface area contributed by atoms with E-state index in [2.05, 4.69) is 15.2 Å². The maximum atomic E-state index is 12.5. The standard InChI is InChI=1S/C13H11ClN6O/c1-8-10(12(21)20-13(15)16-7-17-20)11(14)19(18-8)9-5-3-2-4-6-9/h2-7H,1H3,(H2,15,16,17). The summed E-state index contributed by atoms with van der Waals surface area (Å²) in [5.74, 6) is -0.461. The Bertz CT molecular complexity index is 807. The second kappa shape index (κ2) is 5.02. The summed E-state index contributed by atoms with van der Waals surface area (Å²) in [5.41, 5.74) is 7.09. The first kappa shape index (κ1) is 13.3. The minimum absolute atomic E-state index is 0.00271. The molecule has 1 aromatic carbocycles. The van der Waals surface area contributed by atoms with E-state index in [1.54, 1.807) is 6.92 Å². The van der Waals surface area contributed by atoms with E-state index in [4.69, 9.17) is 17.3 Å². The number of nitrogens with zero attached hydrogens (tertiary/aromatic N) is 5. The molecule has 0 aliphatic heterocycles. The Morgan fingerprint density at radius 3 is 2.62 bits per heavy atom. The summed E-state index contributed by atoms with van der Waals surface area (Å²) >= 11 is 6.31. The quantitative estimate of drug-likeness (QED) is 0.778. The van der Waals surface area contributed by atoms with Gasteiger partial charge in [-0.3, -0.25) is 4.79 Å². The fourth-order valence-electron chi connectivity index (χ4n) is 2.00. The average molecular weight is 303 g/mol. The van der Waals surface area contributed by atoms with Crippen LogP contribution in [0.25, 0.3) is 5.69 Å². The van der Waals surface area contributed by atoms with Gasteiger partial charge < -0.3 is 5.73 Å². The first-order valence-electron chi connectivity index (χ1n) is 6.10. The monoisotopic (exact) mass is 302 g/mol. The van der Waals surface area contributed by atoms with E-state index in [1.165, 1.54) is 11.0 Å². The number of hydrogen-bond donors (Lipinski definition) is 1. The fraction of sp³-hybridized carbons (Fsp3) is 0.0769. The van der Waals surface area contributed by atoms with Crippen molar-refractivity contribution >= 4 is 23.5 Å². The van der Waals surface area contributed by atoms with E-state index in [0.29, 0.717) is 5.69 Å². The van der Waals surface area contributed by atoms with Gasteiger partial charge in [-0.2, -0.15) is 19.9 Å². The Kier molecular flexibility index (Phi) is 3.19. The van der Waals surface area contributed by atoms with Crippen LogP contribution in [-0.2, 0) is 0 Å². The van der Waals surface area contributed by atoms with Gasteiger partial charge in [0.15, 0.2) is 0 Å². The van der Waals surface area contributed by atoms with Gasteiger partial charge in [0, 0.05) is 0 Å². The molecule has 2 heterocycles. The maximum absolute atomic E-state index is 12.5. The highest BCUT2D eigenvalue weighted by Crippen LogP contribution is 2.24. The normalized spacial score (nSPS) is 10.8. The van der Waals surface area contributed by atoms with Crippen molar-refractivity contribution in [2.24, 2.45) is 0 Å². The predicted octanol–water partition coefficient (Wildman–Crippen LogP) is 1.70. The number of nitrogen functional groups attached to an aromatic ring is 1. The van der Waals surface area contributed by atoms with Crippen LogP contribution in [0.1, 0.15) is 16.1 Å². The third-order valence-electron chi connectivity index (χ3n) is 2.99. The number of carbonyl (C=O) groups is 1. The summed E-state index contributed by atoms with van der Waals surface area (Å²) in [7, 11) is 0. The van der Waals surface area contributed by atoms with Crippen molar-refractivity contribution in [3.05, 3.63) is 53.1 Å². The lowest BCUT2D eigenvalue weighted by molar-refractivity contribution is 0.0947.